The van der Waals surface area contributed by atoms with Crippen molar-refractivity contribution in [1.29, 1.82) is 0 Å². The Morgan fingerprint density at radius 3 is 2.83 bits per heavy atom. The molecule has 0 bridgehead atoms. The maximum atomic E-state index is 11.0. The number of anilines is 1. The molecule has 0 atom stereocenters. The molecule has 0 fully saturated rings. The number of aromatic carboxylic acids is 1. The number of benzene rings is 1. The number of halogens is 1. The van der Waals surface area contributed by atoms with Crippen LogP contribution in [0.4, 0.5) is 5.69 Å². The van der Waals surface area contributed by atoms with Gasteiger partial charge < -0.3 is 10.4 Å². The lowest BCUT2D eigenvalue weighted by Crippen LogP contribution is -2.06. The van der Waals surface area contributed by atoms with Crippen LogP contribution < -0.4 is 5.32 Å². The first-order valence-electron chi connectivity index (χ1n) is 5.28. The monoisotopic (exact) mass is 306 g/mol. The lowest BCUT2D eigenvalue weighted by atomic mass is 10.1. The third kappa shape index (κ3) is 2.68. The number of carboxylic acid groups (broad SMARTS) is 1. The van der Waals surface area contributed by atoms with Crippen LogP contribution in [0.25, 0.3) is 10.9 Å². The summed E-state index contributed by atoms with van der Waals surface area (Å²) in [6.45, 7) is 4.25. The van der Waals surface area contributed by atoms with Crippen LogP contribution in [0.15, 0.2) is 41.4 Å². The lowest BCUT2D eigenvalue weighted by molar-refractivity contribution is 0.0691. The lowest BCUT2D eigenvalue weighted by Gasteiger charge is -2.10. The number of fused-ring (bicyclic) bond motifs is 1. The van der Waals surface area contributed by atoms with E-state index in [-0.39, 0.29) is 5.69 Å². The second kappa shape index (κ2) is 5.18. The van der Waals surface area contributed by atoms with Crippen molar-refractivity contribution in [3.05, 3.63) is 47.1 Å². The van der Waals surface area contributed by atoms with Crippen LogP contribution in [0, 0.1) is 0 Å². The Balaban J connectivity index is 2.53. The van der Waals surface area contributed by atoms with E-state index in [2.05, 4.69) is 32.8 Å². The standard InChI is InChI=1S/C13H11BrN2O2/c1-8(14)7-15-11-6-12(13(17)18)16-10-5-3-2-4-9(10)11/h2-6H,1,7H2,(H,15,16)(H,17,18). The van der Waals surface area contributed by atoms with Gasteiger partial charge in [-0.2, -0.15) is 0 Å². The average Bonchev–Trinajstić information content (AvgIpc) is 2.35. The van der Waals surface area contributed by atoms with Crippen molar-refractivity contribution in [2.24, 2.45) is 0 Å². The number of hydrogen-bond acceptors (Lipinski definition) is 3. The third-order valence-corrected chi connectivity index (χ3v) is 2.69. The van der Waals surface area contributed by atoms with E-state index in [9.17, 15) is 4.79 Å². The molecule has 0 radical (unpaired) electrons. The predicted octanol–water partition coefficient (Wildman–Crippen LogP) is 3.25. The first-order valence-corrected chi connectivity index (χ1v) is 6.07. The summed E-state index contributed by atoms with van der Waals surface area (Å²) in [4.78, 5) is 15.1. The van der Waals surface area contributed by atoms with E-state index < -0.39 is 5.97 Å². The molecule has 0 aliphatic carbocycles. The Labute approximate surface area is 112 Å². The smallest absolute Gasteiger partial charge is 0.354 e. The van der Waals surface area contributed by atoms with Gasteiger partial charge in [-0.1, -0.05) is 40.7 Å². The highest BCUT2D eigenvalue weighted by molar-refractivity contribution is 9.11. The van der Waals surface area contributed by atoms with Crippen LogP contribution in [-0.2, 0) is 0 Å². The van der Waals surface area contributed by atoms with Crippen LogP contribution in [0.5, 0.6) is 0 Å². The maximum absolute atomic E-state index is 11.0. The molecule has 0 amide bonds. The number of pyridine rings is 1. The normalized spacial score (nSPS) is 10.3. The van der Waals surface area contributed by atoms with Crippen LogP contribution in [-0.4, -0.2) is 22.6 Å². The summed E-state index contributed by atoms with van der Waals surface area (Å²) >= 11 is 3.25. The van der Waals surface area contributed by atoms with Gasteiger partial charge in [0.05, 0.1) is 5.52 Å². The zero-order valence-electron chi connectivity index (χ0n) is 9.48. The molecular formula is C13H11BrN2O2. The first kappa shape index (κ1) is 12.6. The van der Waals surface area contributed by atoms with Gasteiger partial charge >= 0.3 is 5.97 Å². The minimum Gasteiger partial charge on any atom is -0.477 e. The molecule has 2 aromatic rings. The van der Waals surface area contributed by atoms with Gasteiger partial charge in [0.2, 0.25) is 0 Å². The Morgan fingerprint density at radius 2 is 2.17 bits per heavy atom. The van der Waals surface area contributed by atoms with Crippen molar-refractivity contribution in [2.45, 2.75) is 0 Å². The van der Waals surface area contributed by atoms with Crippen molar-refractivity contribution in [3.63, 3.8) is 0 Å². The van der Waals surface area contributed by atoms with E-state index in [1.807, 2.05) is 18.2 Å². The van der Waals surface area contributed by atoms with Gasteiger partial charge in [0, 0.05) is 22.1 Å². The zero-order chi connectivity index (χ0) is 13.1. The fourth-order valence-corrected chi connectivity index (χ4v) is 1.76. The van der Waals surface area contributed by atoms with Gasteiger partial charge in [-0.15, -0.1) is 0 Å². The fourth-order valence-electron chi connectivity index (χ4n) is 1.62. The quantitative estimate of drug-likeness (QED) is 0.910. The molecule has 1 aromatic heterocycles. The SMILES string of the molecule is C=C(Br)CNc1cc(C(=O)O)nc2ccccc12. The number of carbonyl (C=O) groups is 1. The Morgan fingerprint density at radius 1 is 1.44 bits per heavy atom. The molecular weight excluding hydrogens is 296 g/mol. The molecule has 2 rings (SSSR count). The molecule has 92 valence electrons. The van der Waals surface area contributed by atoms with E-state index in [0.29, 0.717) is 12.1 Å². The summed E-state index contributed by atoms with van der Waals surface area (Å²) in [6, 6.07) is 8.93. The molecule has 4 nitrogen and oxygen atoms in total. The summed E-state index contributed by atoms with van der Waals surface area (Å²) in [5.74, 6) is -1.04. The number of nitrogens with zero attached hydrogens (tertiary/aromatic N) is 1. The second-order valence-electron chi connectivity index (χ2n) is 3.75. The summed E-state index contributed by atoms with van der Waals surface area (Å²) in [6.07, 6.45) is 0. The number of carboxylic acids is 1. The molecule has 18 heavy (non-hydrogen) atoms. The van der Waals surface area contributed by atoms with Crippen molar-refractivity contribution >= 4 is 38.5 Å². The molecule has 1 heterocycles. The third-order valence-electron chi connectivity index (χ3n) is 2.41. The zero-order valence-corrected chi connectivity index (χ0v) is 11.1. The Kier molecular flexibility index (Phi) is 3.62. The molecule has 0 saturated carbocycles. The number of para-hydroxylation sites is 1. The molecule has 5 heteroatoms. The molecule has 0 unspecified atom stereocenters. The molecule has 2 N–H and O–H groups in total. The number of hydrogen-bond donors (Lipinski definition) is 2. The molecule has 0 aliphatic rings. The van der Waals surface area contributed by atoms with Crippen molar-refractivity contribution in [3.8, 4) is 0 Å². The van der Waals surface area contributed by atoms with Gasteiger partial charge in [-0.05, 0) is 12.1 Å². The number of rotatable bonds is 4. The molecule has 0 saturated heterocycles. The summed E-state index contributed by atoms with van der Waals surface area (Å²) in [7, 11) is 0. The largest absolute Gasteiger partial charge is 0.477 e. The molecule has 0 aliphatic heterocycles. The van der Waals surface area contributed by atoms with Crippen molar-refractivity contribution in [2.75, 3.05) is 11.9 Å². The highest BCUT2D eigenvalue weighted by atomic mass is 79.9. The fraction of sp³-hybridized carbons (Fsp3) is 0.0769. The van der Waals surface area contributed by atoms with E-state index >= 15 is 0 Å². The average molecular weight is 307 g/mol. The molecule has 0 spiro atoms. The maximum Gasteiger partial charge on any atom is 0.354 e. The van der Waals surface area contributed by atoms with Crippen molar-refractivity contribution in [1.82, 2.24) is 4.98 Å². The van der Waals surface area contributed by atoms with E-state index in [1.54, 1.807) is 6.07 Å². The van der Waals surface area contributed by atoms with Gasteiger partial charge in [0.1, 0.15) is 0 Å². The minimum atomic E-state index is -1.04. The van der Waals surface area contributed by atoms with Gasteiger partial charge in [-0.25, -0.2) is 9.78 Å². The minimum absolute atomic E-state index is 0.0244. The summed E-state index contributed by atoms with van der Waals surface area (Å²) in [5, 5.41) is 13.0. The van der Waals surface area contributed by atoms with E-state index in [4.69, 9.17) is 5.11 Å². The number of aromatic nitrogens is 1. The van der Waals surface area contributed by atoms with Crippen LogP contribution in [0.2, 0.25) is 0 Å². The van der Waals surface area contributed by atoms with Crippen LogP contribution in [0.3, 0.4) is 0 Å². The summed E-state index contributed by atoms with van der Waals surface area (Å²) in [5.41, 5.74) is 1.41. The summed E-state index contributed by atoms with van der Waals surface area (Å²) < 4.78 is 0.792. The second-order valence-corrected chi connectivity index (χ2v) is 4.87. The Hall–Kier alpha value is -1.88. The Bertz CT molecular complexity index is 625. The van der Waals surface area contributed by atoms with Crippen LogP contribution in [0.1, 0.15) is 10.5 Å². The van der Waals surface area contributed by atoms with Crippen LogP contribution >= 0.6 is 15.9 Å². The van der Waals surface area contributed by atoms with Gasteiger partial charge in [-0.3, -0.25) is 0 Å². The van der Waals surface area contributed by atoms with Gasteiger partial charge in [0.15, 0.2) is 5.69 Å². The highest BCUT2D eigenvalue weighted by Gasteiger charge is 2.10. The van der Waals surface area contributed by atoms with Gasteiger partial charge in [0.25, 0.3) is 0 Å². The highest BCUT2D eigenvalue weighted by Crippen LogP contribution is 2.23. The molecule has 1 aromatic carbocycles. The van der Waals surface area contributed by atoms with E-state index in [1.165, 1.54) is 6.07 Å². The predicted molar refractivity (Wildman–Crippen MR) is 75.3 cm³/mol. The van der Waals surface area contributed by atoms with E-state index in [0.717, 1.165) is 15.6 Å². The number of nitrogens with one attached hydrogen (secondary N) is 1. The van der Waals surface area contributed by atoms with Crippen molar-refractivity contribution < 1.29 is 9.90 Å². The topological polar surface area (TPSA) is 62.2 Å². The first-order chi connectivity index (χ1) is 8.58.